The van der Waals surface area contributed by atoms with Crippen molar-refractivity contribution in [3.05, 3.63) is 77.8 Å². The summed E-state index contributed by atoms with van der Waals surface area (Å²) in [5.74, 6) is -4.15. The Labute approximate surface area is 144 Å². The van der Waals surface area contributed by atoms with Crippen molar-refractivity contribution >= 4 is 23.1 Å². The Bertz CT molecular complexity index is 943. The van der Waals surface area contributed by atoms with Crippen LogP contribution in [0.3, 0.4) is 0 Å². The number of hydrogen-bond acceptors (Lipinski definition) is 4. The number of aromatic nitrogens is 2. The fourth-order valence-electron chi connectivity index (χ4n) is 2.03. The van der Waals surface area contributed by atoms with E-state index in [-0.39, 0.29) is 17.2 Å². The average molecular weight is 362 g/mol. The van der Waals surface area contributed by atoms with Gasteiger partial charge in [0.15, 0.2) is 0 Å². The van der Waals surface area contributed by atoms with Gasteiger partial charge < -0.3 is 10.6 Å². The van der Waals surface area contributed by atoms with Gasteiger partial charge >= 0.3 is 0 Å². The maximum Gasteiger partial charge on any atom is 0.275 e. The molecule has 0 aliphatic carbocycles. The molecule has 9 heteroatoms. The number of carbonyl (C=O) groups excluding carboxylic acids is 1. The van der Waals surface area contributed by atoms with Gasteiger partial charge in [0.2, 0.25) is 0 Å². The first kappa shape index (κ1) is 17.3. The summed E-state index contributed by atoms with van der Waals surface area (Å²) in [5.41, 5.74) is -0.811. The van der Waals surface area contributed by atoms with Gasteiger partial charge in [-0.15, -0.1) is 0 Å². The molecular formula is C17H10F4N4O. The quantitative estimate of drug-likeness (QED) is 0.688. The Kier molecular flexibility index (Phi) is 4.78. The maximum atomic E-state index is 13.6. The van der Waals surface area contributed by atoms with Crippen LogP contribution >= 0.6 is 0 Å². The van der Waals surface area contributed by atoms with Crippen molar-refractivity contribution in [1.29, 1.82) is 0 Å². The smallest absolute Gasteiger partial charge is 0.275 e. The van der Waals surface area contributed by atoms with Crippen LogP contribution in [0, 0.1) is 23.3 Å². The van der Waals surface area contributed by atoms with Crippen LogP contribution < -0.4 is 10.6 Å². The van der Waals surface area contributed by atoms with Gasteiger partial charge in [0.05, 0.1) is 18.1 Å². The predicted octanol–water partition coefficient (Wildman–Crippen LogP) is 4.03. The third-order valence-electron chi connectivity index (χ3n) is 3.28. The monoisotopic (exact) mass is 362 g/mol. The first-order valence-corrected chi connectivity index (χ1v) is 7.23. The van der Waals surface area contributed by atoms with E-state index >= 15 is 0 Å². The lowest BCUT2D eigenvalue weighted by molar-refractivity contribution is 0.102. The first-order chi connectivity index (χ1) is 12.4. The summed E-state index contributed by atoms with van der Waals surface area (Å²) in [7, 11) is 0. The number of carbonyl (C=O) groups is 1. The molecule has 26 heavy (non-hydrogen) atoms. The van der Waals surface area contributed by atoms with Crippen molar-refractivity contribution in [1.82, 2.24) is 9.97 Å². The molecule has 0 radical (unpaired) electrons. The highest BCUT2D eigenvalue weighted by Gasteiger charge is 2.13. The van der Waals surface area contributed by atoms with Gasteiger partial charge in [-0.1, -0.05) is 6.07 Å². The molecule has 0 saturated heterocycles. The highest BCUT2D eigenvalue weighted by atomic mass is 19.1. The van der Waals surface area contributed by atoms with Crippen molar-refractivity contribution in [3.8, 4) is 0 Å². The minimum Gasteiger partial charge on any atom is -0.334 e. The zero-order valence-corrected chi connectivity index (χ0v) is 12.9. The standard InChI is InChI=1S/C17H10F4N4O/c18-9-4-5-13(12(21)6-9)24-17(26)14-7-23-15(8-22-14)25-16-10(19)2-1-3-11(16)20/h1-8H,(H,23,25)(H,24,26). The number of para-hydroxylation sites is 1. The van der Waals surface area contributed by atoms with E-state index in [1.165, 1.54) is 6.07 Å². The van der Waals surface area contributed by atoms with Crippen LogP contribution in [0.5, 0.6) is 0 Å². The van der Waals surface area contributed by atoms with Crippen LogP contribution in [0.25, 0.3) is 0 Å². The van der Waals surface area contributed by atoms with Crippen LogP contribution in [-0.2, 0) is 0 Å². The van der Waals surface area contributed by atoms with Gasteiger partial charge in [0.1, 0.15) is 40.5 Å². The number of hydrogen-bond donors (Lipinski definition) is 2. The summed E-state index contributed by atoms with van der Waals surface area (Å²) >= 11 is 0. The number of nitrogens with one attached hydrogen (secondary N) is 2. The van der Waals surface area contributed by atoms with Crippen LogP contribution in [0.2, 0.25) is 0 Å². The van der Waals surface area contributed by atoms with Crippen molar-refractivity contribution < 1.29 is 22.4 Å². The molecular weight excluding hydrogens is 352 g/mol. The van der Waals surface area contributed by atoms with E-state index in [9.17, 15) is 22.4 Å². The molecule has 3 aromatic rings. The summed E-state index contributed by atoms with van der Waals surface area (Å²) in [6.07, 6.45) is 2.12. The van der Waals surface area contributed by atoms with E-state index in [1.54, 1.807) is 0 Å². The van der Waals surface area contributed by atoms with Crippen LogP contribution in [-0.4, -0.2) is 15.9 Å². The first-order valence-electron chi connectivity index (χ1n) is 7.23. The minimum absolute atomic E-state index is 0.00138. The van der Waals surface area contributed by atoms with Gasteiger partial charge in [-0.3, -0.25) is 4.79 Å². The summed E-state index contributed by atoms with van der Waals surface area (Å²) in [6, 6.07) is 6.02. The van der Waals surface area contributed by atoms with E-state index in [2.05, 4.69) is 20.6 Å². The second kappa shape index (κ2) is 7.18. The highest BCUT2D eigenvalue weighted by Crippen LogP contribution is 2.21. The Balaban J connectivity index is 1.74. The van der Waals surface area contributed by atoms with Gasteiger partial charge in [-0.25, -0.2) is 27.5 Å². The number of benzene rings is 2. The Morgan fingerprint density at radius 3 is 2.23 bits per heavy atom. The summed E-state index contributed by atoms with van der Waals surface area (Å²) < 4.78 is 53.5. The van der Waals surface area contributed by atoms with E-state index < -0.39 is 34.9 Å². The molecule has 1 aromatic heterocycles. The lowest BCUT2D eigenvalue weighted by Gasteiger charge is -2.08. The van der Waals surface area contributed by atoms with Crippen molar-refractivity contribution in [3.63, 3.8) is 0 Å². The molecule has 1 amide bonds. The minimum atomic E-state index is -0.945. The van der Waals surface area contributed by atoms with Gasteiger partial charge in [0.25, 0.3) is 5.91 Å². The fourth-order valence-corrected chi connectivity index (χ4v) is 2.03. The SMILES string of the molecule is O=C(Nc1ccc(F)cc1F)c1cnc(Nc2c(F)cccc2F)cn1. The predicted molar refractivity (Wildman–Crippen MR) is 86.0 cm³/mol. The third-order valence-corrected chi connectivity index (χ3v) is 3.28. The zero-order chi connectivity index (χ0) is 18.7. The highest BCUT2D eigenvalue weighted by molar-refractivity contribution is 6.02. The van der Waals surface area contributed by atoms with Gasteiger partial charge in [-0.05, 0) is 24.3 Å². The molecule has 132 valence electrons. The van der Waals surface area contributed by atoms with E-state index in [4.69, 9.17) is 0 Å². The lowest BCUT2D eigenvalue weighted by Crippen LogP contribution is -2.15. The summed E-state index contributed by atoms with van der Waals surface area (Å²) in [5, 5.41) is 4.63. The molecule has 0 aliphatic rings. The normalized spacial score (nSPS) is 10.5. The fraction of sp³-hybridized carbons (Fsp3) is 0. The largest absolute Gasteiger partial charge is 0.334 e. The van der Waals surface area contributed by atoms with Crippen molar-refractivity contribution in [2.45, 2.75) is 0 Å². The third kappa shape index (κ3) is 3.77. The average Bonchev–Trinajstić information content (AvgIpc) is 2.61. The van der Waals surface area contributed by atoms with Crippen LogP contribution in [0.15, 0.2) is 48.8 Å². The number of anilines is 3. The molecule has 3 rings (SSSR count). The number of nitrogens with zero attached hydrogens (tertiary/aromatic N) is 2. The molecule has 0 spiro atoms. The maximum absolute atomic E-state index is 13.6. The van der Waals surface area contributed by atoms with Gasteiger partial charge in [0, 0.05) is 6.07 Å². The Morgan fingerprint density at radius 1 is 0.885 bits per heavy atom. The van der Waals surface area contributed by atoms with Gasteiger partial charge in [-0.2, -0.15) is 0 Å². The topological polar surface area (TPSA) is 66.9 Å². The Morgan fingerprint density at radius 2 is 1.62 bits per heavy atom. The molecule has 5 nitrogen and oxygen atoms in total. The molecule has 2 aromatic carbocycles. The number of rotatable bonds is 4. The molecule has 2 N–H and O–H groups in total. The zero-order valence-electron chi connectivity index (χ0n) is 12.9. The Hall–Kier alpha value is -3.49. The molecule has 0 saturated carbocycles. The molecule has 0 aliphatic heterocycles. The van der Waals surface area contributed by atoms with E-state index in [0.29, 0.717) is 6.07 Å². The molecule has 0 unspecified atom stereocenters. The summed E-state index contributed by atoms with van der Waals surface area (Å²) in [4.78, 5) is 19.6. The molecule has 0 fully saturated rings. The molecule has 0 atom stereocenters. The lowest BCUT2D eigenvalue weighted by atomic mass is 10.3. The second-order valence-corrected chi connectivity index (χ2v) is 5.09. The second-order valence-electron chi connectivity index (χ2n) is 5.09. The molecule has 1 heterocycles. The van der Waals surface area contributed by atoms with E-state index in [1.807, 2.05) is 0 Å². The number of halogens is 4. The van der Waals surface area contributed by atoms with Crippen LogP contribution in [0.1, 0.15) is 10.5 Å². The summed E-state index contributed by atoms with van der Waals surface area (Å²) in [6.45, 7) is 0. The molecule has 0 bridgehead atoms. The van der Waals surface area contributed by atoms with Crippen molar-refractivity contribution in [2.24, 2.45) is 0 Å². The van der Waals surface area contributed by atoms with Crippen molar-refractivity contribution in [2.75, 3.05) is 10.6 Å². The van der Waals surface area contributed by atoms with E-state index in [0.717, 1.165) is 36.7 Å². The van der Waals surface area contributed by atoms with Crippen LogP contribution in [0.4, 0.5) is 34.8 Å². The number of amides is 1.